The molecule has 88 valence electrons. The fourth-order valence-corrected chi connectivity index (χ4v) is 2.69. The van der Waals surface area contributed by atoms with E-state index >= 15 is 0 Å². The molecule has 0 spiro atoms. The quantitative estimate of drug-likeness (QED) is 0.719. The van der Waals surface area contributed by atoms with Crippen molar-refractivity contribution in [1.82, 2.24) is 9.78 Å². The molecule has 0 aromatic carbocycles. The first-order valence-electron chi connectivity index (χ1n) is 5.25. The molecule has 1 unspecified atom stereocenters. The van der Waals surface area contributed by atoms with E-state index in [1.807, 2.05) is 0 Å². The molecule has 0 amide bonds. The Morgan fingerprint density at radius 3 is 2.75 bits per heavy atom. The normalized spacial score (nSPS) is 29.4. The Balaban J connectivity index is 2.22. The van der Waals surface area contributed by atoms with E-state index in [2.05, 4.69) is 5.10 Å². The number of fused-ring (bicyclic) bond motifs is 3. The number of nitrogens with zero attached hydrogens (tertiary/aromatic N) is 2. The molecule has 3 rings (SSSR count). The summed E-state index contributed by atoms with van der Waals surface area (Å²) in [5.41, 5.74) is -0.597. The minimum absolute atomic E-state index is 0.117. The van der Waals surface area contributed by atoms with Crippen LogP contribution in [0.3, 0.4) is 0 Å². The summed E-state index contributed by atoms with van der Waals surface area (Å²) in [7, 11) is 0. The second-order valence-corrected chi connectivity index (χ2v) is 4.34. The van der Waals surface area contributed by atoms with Crippen LogP contribution in [-0.2, 0) is 12.5 Å². The van der Waals surface area contributed by atoms with Crippen LogP contribution in [0.25, 0.3) is 0 Å². The van der Waals surface area contributed by atoms with Crippen molar-refractivity contribution in [3.05, 3.63) is 17.0 Å². The maximum atomic E-state index is 13.8. The Morgan fingerprint density at radius 1 is 1.50 bits per heavy atom. The van der Waals surface area contributed by atoms with E-state index in [9.17, 15) is 17.6 Å². The molecule has 0 N–H and O–H groups in total. The Kier molecular flexibility index (Phi) is 1.76. The van der Waals surface area contributed by atoms with Crippen molar-refractivity contribution in [2.24, 2.45) is 5.92 Å². The van der Waals surface area contributed by atoms with Crippen molar-refractivity contribution in [2.75, 3.05) is 0 Å². The molecule has 1 heterocycles. The lowest BCUT2D eigenvalue weighted by atomic mass is 10.1. The first kappa shape index (κ1) is 10.1. The van der Waals surface area contributed by atoms with E-state index in [0.29, 0.717) is 6.42 Å². The van der Waals surface area contributed by atoms with Gasteiger partial charge in [0.2, 0.25) is 0 Å². The number of aromatic nitrogens is 2. The fourth-order valence-electron chi connectivity index (χ4n) is 2.69. The van der Waals surface area contributed by atoms with Gasteiger partial charge in [-0.2, -0.15) is 13.9 Å². The van der Waals surface area contributed by atoms with Gasteiger partial charge in [-0.15, -0.1) is 0 Å². The van der Waals surface area contributed by atoms with Crippen LogP contribution in [0, 0.1) is 5.92 Å². The second-order valence-electron chi connectivity index (χ2n) is 4.34. The van der Waals surface area contributed by atoms with Gasteiger partial charge in [-0.1, -0.05) is 0 Å². The number of alkyl halides is 4. The van der Waals surface area contributed by atoms with E-state index in [0.717, 1.165) is 4.68 Å². The maximum absolute atomic E-state index is 13.8. The molecular formula is C10H10F4N2. The Labute approximate surface area is 89.2 Å². The zero-order valence-electron chi connectivity index (χ0n) is 8.55. The zero-order chi connectivity index (χ0) is 11.7. The van der Waals surface area contributed by atoms with Gasteiger partial charge in [-0.05, 0) is 19.3 Å². The zero-order valence-corrected chi connectivity index (χ0v) is 8.55. The third-order valence-corrected chi connectivity index (χ3v) is 3.47. The van der Waals surface area contributed by atoms with Crippen LogP contribution in [0.5, 0.6) is 0 Å². The number of hydrogen-bond donors (Lipinski definition) is 0. The molecule has 6 heteroatoms. The Morgan fingerprint density at radius 2 is 2.19 bits per heavy atom. The monoisotopic (exact) mass is 234 g/mol. The van der Waals surface area contributed by atoms with Crippen LogP contribution in [0.15, 0.2) is 0 Å². The highest BCUT2D eigenvalue weighted by Gasteiger charge is 2.67. The first-order valence-corrected chi connectivity index (χ1v) is 5.25. The molecule has 2 nitrogen and oxygen atoms in total. The summed E-state index contributed by atoms with van der Waals surface area (Å²) in [6.45, 7) is 1.83. The van der Waals surface area contributed by atoms with E-state index in [4.69, 9.17) is 0 Å². The Bertz CT molecular complexity index is 452. The molecule has 2 aliphatic rings. The van der Waals surface area contributed by atoms with Crippen LogP contribution >= 0.6 is 0 Å². The molecule has 0 radical (unpaired) electrons. The highest BCUT2D eigenvalue weighted by Crippen LogP contribution is 2.68. The molecule has 1 fully saturated rings. The summed E-state index contributed by atoms with van der Waals surface area (Å²) >= 11 is 0. The topological polar surface area (TPSA) is 17.8 Å². The summed E-state index contributed by atoms with van der Waals surface area (Å²) in [5, 5.41) is 3.61. The van der Waals surface area contributed by atoms with Gasteiger partial charge < -0.3 is 0 Å². The smallest absolute Gasteiger partial charge is 0.263 e. The van der Waals surface area contributed by atoms with Gasteiger partial charge >= 0.3 is 0 Å². The highest BCUT2D eigenvalue weighted by atomic mass is 19.3. The maximum Gasteiger partial charge on any atom is 0.293 e. The van der Waals surface area contributed by atoms with Crippen molar-refractivity contribution < 1.29 is 17.6 Å². The second kappa shape index (κ2) is 2.78. The van der Waals surface area contributed by atoms with Gasteiger partial charge in [0.25, 0.3) is 12.3 Å². The van der Waals surface area contributed by atoms with Crippen molar-refractivity contribution in [3.8, 4) is 0 Å². The third-order valence-electron chi connectivity index (χ3n) is 3.47. The molecule has 2 aliphatic carbocycles. The minimum Gasteiger partial charge on any atom is -0.263 e. The molecule has 0 aliphatic heterocycles. The lowest BCUT2D eigenvalue weighted by molar-refractivity contribution is -0.0309. The SMILES string of the molecule is CCn1nc(C(F)F)c2c1C(F)(F)[C@@H]1CC21. The number of halogens is 4. The van der Waals surface area contributed by atoms with Crippen LogP contribution in [0.2, 0.25) is 0 Å². The van der Waals surface area contributed by atoms with Crippen LogP contribution in [0.4, 0.5) is 17.6 Å². The third kappa shape index (κ3) is 0.999. The van der Waals surface area contributed by atoms with Crippen molar-refractivity contribution >= 4 is 0 Å². The molecule has 0 saturated heterocycles. The lowest BCUT2D eigenvalue weighted by Crippen LogP contribution is -2.19. The van der Waals surface area contributed by atoms with E-state index in [1.165, 1.54) is 0 Å². The van der Waals surface area contributed by atoms with Gasteiger partial charge in [0.05, 0.1) is 0 Å². The summed E-state index contributed by atoms with van der Waals surface area (Å²) in [6, 6.07) is 0. The Hall–Kier alpha value is -1.07. The summed E-state index contributed by atoms with van der Waals surface area (Å²) in [6.07, 6.45) is -2.45. The fraction of sp³-hybridized carbons (Fsp3) is 0.700. The lowest BCUT2D eigenvalue weighted by Gasteiger charge is -2.14. The molecular weight excluding hydrogens is 224 g/mol. The van der Waals surface area contributed by atoms with Gasteiger partial charge in [-0.3, -0.25) is 4.68 Å². The van der Waals surface area contributed by atoms with Gasteiger partial charge in [0.15, 0.2) is 0 Å². The predicted octanol–water partition coefficient (Wildman–Crippen LogP) is 3.05. The number of aryl methyl sites for hydroxylation is 1. The summed E-state index contributed by atoms with van der Waals surface area (Å²) < 4.78 is 54.0. The van der Waals surface area contributed by atoms with Gasteiger partial charge in [-0.25, -0.2) is 8.78 Å². The summed E-state index contributed by atoms with van der Waals surface area (Å²) in [5.74, 6) is -4.14. The minimum atomic E-state index is -2.98. The first-order chi connectivity index (χ1) is 7.48. The van der Waals surface area contributed by atoms with E-state index < -0.39 is 29.9 Å². The molecule has 1 saturated carbocycles. The van der Waals surface area contributed by atoms with Crippen LogP contribution < -0.4 is 0 Å². The average Bonchev–Trinajstić information content (AvgIpc) is 2.85. The number of hydrogen-bond acceptors (Lipinski definition) is 1. The van der Waals surface area contributed by atoms with E-state index in [-0.39, 0.29) is 17.8 Å². The molecule has 1 aromatic rings. The molecule has 16 heavy (non-hydrogen) atoms. The standard InChI is InChI=1S/C10H10F4N2/c1-2-16-8-6(7(15-16)9(11)12)4-3-5(4)10(8,13)14/h4-5,9H,2-3H2,1H3/t4?,5-/m1/s1. The van der Waals surface area contributed by atoms with Crippen LogP contribution in [0.1, 0.15) is 42.6 Å². The van der Waals surface area contributed by atoms with Crippen molar-refractivity contribution in [2.45, 2.75) is 38.2 Å². The van der Waals surface area contributed by atoms with Crippen molar-refractivity contribution in [3.63, 3.8) is 0 Å². The predicted molar refractivity (Wildman–Crippen MR) is 47.6 cm³/mol. The highest BCUT2D eigenvalue weighted by molar-refractivity contribution is 5.46. The van der Waals surface area contributed by atoms with Gasteiger partial charge in [0.1, 0.15) is 11.4 Å². The largest absolute Gasteiger partial charge is 0.293 e. The summed E-state index contributed by atoms with van der Waals surface area (Å²) in [4.78, 5) is 0. The van der Waals surface area contributed by atoms with Crippen molar-refractivity contribution in [1.29, 1.82) is 0 Å². The molecule has 1 aromatic heterocycles. The molecule has 0 bridgehead atoms. The number of rotatable bonds is 2. The average molecular weight is 234 g/mol. The van der Waals surface area contributed by atoms with Gasteiger partial charge in [0, 0.05) is 18.0 Å². The van der Waals surface area contributed by atoms with Crippen LogP contribution in [-0.4, -0.2) is 9.78 Å². The van der Waals surface area contributed by atoms with E-state index in [1.54, 1.807) is 6.92 Å². The molecule has 2 atom stereocenters.